The number of carboxylic acid groups (broad SMARTS) is 1. The Bertz CT molecular complexity index is 709. The molecule has 0 amide bonds. The van der Waals surface area contributed by atoms with Gasteiger partial charge in [-0.2, -0.15) is 0 Å². The standard InChI is InChI=1S/C14H12FNO4/c1-20-10-5-4-9(12(15)7-10)8-16-6-2-3-11(13(16)17)14(18)19/h2-7H,8H2,1H3,(H,18,19). The average molecular weight is 277 g/mol. The molecule has 2 aromatic rings. The van der Waals surface area contributed by atoms with Gasteiger partial charge >= 0.3 is 5.97 Å². The SMILES string of the molecule is COc1ccc(Cn2cccc(C(=O)O)c2=O)c(F)c1. The van der Waals surface area contributed by atoms with Crippen LogP contribution in [0.15, 0.2) is 41.3 Å². The molecule has 0 aliphatic heterocycles. The van der Waals surface area contributed by atoms with Crippen LogP contribution in [0, 0.1) is 5.82 Å². The summed E-state index contributed by atoms with van der Waals surface area (Å²) in [5, 5.41) is 8.88. The van der Waals surface area contributed by atoms with Crippen molar-refractivity contribution in [2.24, 2.45) is 0 Å². The molecular formula is C14H12FNO4. The molecule has 5 nitrogen and oxygen atoms in total. The van der Waals surface area contributed by atoms with Crippen LogP contribution in [0.5, 0.6) is 5.75 Å². The van der Waals surface area contributed by atoms with Gasteiger partial charge in [-0.3, -0.25) is 4.79 Å². The van der Waals surface area contributed by atoms with Crippen LogP contribution in [0.1, 0.15) is 15.9 Å². The quantitative estimate of drug-likeness (QED) is 0.924. The summed E-state index contributed by atoms with van der Waals surface area (Å²) < 4.78 is 19.8. The van der Waals surface area contributed by atoms with Crippen LogP contribution in [0.2, 0.25) is 0 Å². The van der Waals surface area contributed by atoms with Crippen LogP contribution in [-0.2, 0) is 6.54 Å². The fourth-order valence-electron chi connectivity index (χ4n) is 1.79. The summed E-state index contributed by atoms with van der Waals surface area (Å²) in [4.78, 5) is 22.8. The summed E-state index contributed by atoms with van der Waals surface area (Å²) in [7, 11) is 1.43. The zero-order chi connectivity index (χ0) is 14.7. The third-order valence-electron chi connectivity index (χ3n) is 2.85. The molecule has 104 valence electrons. The number of carbonyl (C=O) groups is 1. The minimum Gasteiger partial charge on any atom is -0.497 e. The lowest BCUT2D eigenvalue weighted by Gasteiger charge is -2.08. The van der Waals surface area contributed by atoms with E-state index in [1.165, 1.54) is 37.6 Å². The molecule has 0 radical (unpaired) electrons. The maximum absolute atomic E-state index is 13.8. The third kappa shape index (κ3) is 2.69. The number of aromatic carboxylic acids is 1. The van der Waals surface area contributed by atoms with Gasteiger partial charge in [-0.25, -0.2) is 9.18 Å². The fourth-order valence-corrected chi connectivity index (χ4v) is 1.79. The first-order valence-electron chi connectivity index (χ1n) is 5.78. The molecule has 1 N–H and O–H groups in total. The van der Waals surface area contributed by atoms with Crippen molar-refractivity contribution in [3.05, 3.63) is 63.8 Å². The molecule has 1 heterocycles. The number of ether oxygens (including phenoxy) is 1. The van der Waals surface area contributed by atoms with E-state index >= 15 is 0 Å². The second-order valence-corrected chi connectivity index (χ2v) is 4.12. The van der Waals surface area contributed by atoms with Gasteiger partial charge in [0.25, 0.3) is 5.56 Å². The number of halogens is 1. The molecule has 6 heteroatoms. The number of rotatable bonds is 4. The van der Waals surface area contributed by atoms with Crippen molar-refractivity contribution in [3.63, 3.8) is 0 Å². The van der Waals surface area contributed by atoms with E-state index in [1.807, 2.05) is 0 Å². The summed E-state index contributed by atoms with van der Waals surface area (Å²) >= 11 is 0. The van der Waals surface area contributed by atoms with Gasteiger partial charge in [0.1, 0.15) is 17.1 Å². The van der Waals surface area contributed by atoms with Crippen molar-refractivity contribution in [3.8, 4) is 5.75 Å². The van der Waals surface area contributed by atoms with Crippen LogP contribution >= 0.6 is 0 Å². The second-order valence-electron chi connectivity index (χ2n) is 4.12. The summed E-state index contributed by atoms with van der Waals surface area (Å²) in [6.07, 6.45) is 1.42. The van der Waals surface area contributed by atoms with Gasteiger partial charge < -0.3 is 14.4 Å². The molecule has 20 heavy (non-hydrogen) atoms. The van der Waals surface area contributed by atoms with Gasteiger partial charge in [0, 0.05) is 17.8 Å². The number of nitrogens with zero attached hydrogens (tertiary/aromatic N) is 1. The molecule has 0 unspecified atom stereocenters. The molecule has 1 aromatic heterocycles. The highest BCUT2D eigenvalue weighted by atomic mass is 19.1. The second kappa shape index (κ2) is 5.56. The third-order valence-corrected chi connectivity index (χ3v) is 2.85. The maximum Gasteiger partial charge on any atom is 0.341 e. The molecule has 2 rings (SSSR count). The van der Waals surface area contributed by atoms with E-state index in [-0.39, 0.29) is 17.7 Å². The van der Waals surface area contributed by atoms with Gasteiger partial charge in [-0.1, -0.05) is 6.07 Å². The van der Waals surface area contributed by atoms with Crippen LogP contribution in [-0.4, -0.2) is 22.8 Å². The Labute approximate surface area is 113 Å². The van der Waals surface area contributed by atoms with Crippen molar-refractivity contribution < 1.29 is 19.0 Å². The lowest BCUT2D eigenvalue weighted by molar-refractivity contribution is 0.0694. The van der Waals surface area contributed by atoms with Crippen molar-refractivity contribution >= 4 is 5.97 Å². The highest BCUT2D eigenvalue weighted by Crippen LogP contribution is 2.16. The summed E-state index contributed by atoms with van der Waals surface area (Å²) in [6.45, 7) is -0.0459. The predicted octanol–water partition coefficient (Wildman–Crippen LogP) is 1.74. The van der Waals surface area contributed by atoms with Gasteiger partial charge in [0.2, 0.25) is 0 Å². The Balaban J connectivity index is 2.38. The molecular weight excluding hydrogens is 265 g/mol. The van der Waals surface area contributed by atoms with Crippen LogP contribution in [0.25, 0.3) is 0 Å². The molecule has 0 aliphatic rings. The molecule has 0 fully saturated rings. The van der Waals surface area contributed by atoms with Gasteiger partial charge in [0.05, 0.1) is 13.7 Å². The van der Waals surface area contributed by atoms with E-state index < -0.39 is 17.3 Å². The van der Waals surface area contributed by atoms with Gasteiger partial charge in [-0.15, -0.1) is 0 Å². The first-order valence-corrected chi connectivity index (χ1v) is 5.78. The van der Waals surface area contributed by atoms with Crippen LogP contribution in [0.4, 0.5) is 4.39 Å². The predicted molar refractivity (Wildman–Crippen MR) is 69.7 cm³/mol. The van der Waals surface area contributed by atoms with Crippen LogP contribution in [0.3, 0.4) is 0 Å². The normalized spacial score (nSPS) is 10.3. The molecule has 0 atom stereocenters. The van der Waals surface area contributed by atoms with E-state index in [1.54, 1.807) is 6.07 Å². The van der Waals surface area contributed by atoms with E-state index in [2.05, 4.69) is 0 Å². The number of pyridine rings is 1. The molecule has 0 saturated carbocycles. The lowest BCUT2D eigenvalue weighted by atomic mass is 10.2. The van der Waals surface area contributed by atoms with Crippen molar-refractivity contribution in [1.82, 2.24) is 4.57 Å². The number of benzene rings is 1. The van der Waals surface area contributed by atoms with E-state index in [4.69, 9.17) is 9.84 Å². The van der Waals surface area contributed by atoms with E-state index in [9.17, 15) is 14.0 Å². The highest BCUT2D eigenvalue weighted by molar-refractivity contribution is 5.86. The maximum atomic E-state index is 13.8. The van der Waals surface area contributed by atoms with Crippen molar-refractivity contribution in [2.75, 3.05) is 7.11 Å². The number of methoxy groups -OCH3 is 1. The Morgan fingerprint density at radius 1 is 1.40 bits per heavy atom. The Morgan fingerprint density at radius 3 is 2.75 bits per heavy atom. The molecule has 0 aliphatic carbocycles. The first-order chi connectivity index (χ1) is 9.52. The summed E-state index contributed by atoms with van der Waals surface area (Å²) in [5.74, 6) is -1.45. The smallest absolute Gasteiger partial charge is 0.341 e. The highest BCUT2D eigenvalue weighted by Gasteiger charge is 2.11. The summed E-state index contributed by atoms with van der Waals surface area (Å²) in [5.41, 5.74) is -0.743. The summed E-state index contributed by atoms with van der Waals surface area (Å²) in [6, 6.07) is 6.93. The Morgan fingerprint density at radius 2 is 2.15 bits per heavy atom. The number of carboxylic acids is 1. The zero-order valence-corrected chi connectivity index (χ0v) is 10.7. The fraction of sp³-hybridized carbons (Fsp3) is 0.143. The van der Waals surface area contributed by atoms with Gasteiger partial charge in [-0.05, 0) is 18.2 Å². The molecule has 0 saturated heterocycles. The van der Waals surface area contributed by atoms with Crippen molar-refractivity contribution in [1.29, 1.82) is 0 Å². The lowest BCUT2D eigenvalue weighted by Crippen LogP contribution is -2.26. The van der Waals surface area contributed by atoms with Crippen LogP contribution < -0.4 is 10.3 Å². The minimum atomic E-state index is -1.31. The number of aromatic nitrogens is 1. The largest absolute Gasteiger partial charge is 0.497 e. The molecule has 0 spiro atoms. The Hall–Kier alpha value is -2.63. The zero-order valence-electron chi connectivity index (χ0n) is 10.7. The number of hydrogen-bond acceptors (Lipinski definition) is 3. The topological polar surface area (TPSA) is 68.5 Å². The molecule has 1 aromatic carbocycles. The average Bonchev–Trinajstić information content (AvgIpc) is 2.42. The minimum absolute atomic E-state index is 0.0459. The van der Waals surface area contributed by atoms with E-state index in [0.717, 1.165) is 4.57 Å². The number of hydrogen-bond donors (Lipinski definition) is 1. The Kier molecular flexibility index (Phi) is 3.84. The molecule has 0 bridgehead atoms. The first kappa shape index (κ1) is 13.8. The monoisotopic (exact) mass is 277 g/mol. The van der Waals surface area contributed by atoms with Gasteiger partial charge in [0.15, 0.2) is 0 Å². The van der Waals surface area contributed by atoms with Crippen molar-refractivity contribution in [2.45, 2.75) is 6.54 Å². The van der Waals surface area contributed by atoms with E-state index in [0.29, 0.717) is 5.75 Å².